The van der Waals surface area contributed by atoms with Crippen molar-refractivity contribution in [2.45, 2.75) is 20.3 Å². The summed E-state index contributed by atoms with van der Waals surface area (Å²) in [6.45, 7) is 8.65. The second-order valence-corrected chi connectivity index (χ2v) is 6.27. The first-order chi connectivity index (χ1) is 11.0. The fourth-order valence-corrected chi connectivity index (χ4v) is 2.64. The fraction of sp³-hybridized carbons (Fsp3) is 0.688. The Labute approximate surface area is 138 Å². The number of carbonyl (C=O) groups is 1. The molecule has 1 N–H and O–H groups in total. The molecule has 2 rings (SSSR count). The number of anilines is 2. The van der Waals surface area contributed by atoms with Gasteiger partial charge in [-0.2, -0.15) is 4.98 Å². The summed E-state index contributed by atoms with van der Waals surface area (Å²) < 4.78 is 0. The molecular formula is C16H28N6O. The molecule has 0 radical (unpaired) electrons. The van der Waals surface area contributed by atoms with E-state index in [0.29, 0.717) is 5.95 Å². The van der Waals surface area contributed by atoms with Gasteiger partial charge in [0.2, 0.25) is 11.9 Å². The monoisotopic (exact) mass is 320 g/mol. The van der Waals surface area contributed by atoms with Gasteiger partial charge in [0.05, 0.1) is 0 Å². The Bertz CT molecular complexity index is 525. The molecule has 0 aromatic carbocycles. The van der Waals surface area contributed by atoms with Gasteiger partial charge >= 0.3 is 0 Å². The molecule has 2 heterocycles. The topological polar surface area (TPSA) is 64.6 Å². The minimum Gasteiger partial charge on any atom is -0.354 e. The molecule has 1 saturated heterocycles. The van der Waals surface area contributed by atoms with E-state index in [1.165, 1.54) is 0 Å². The van der Waals surface area contributed by atoms with Crippen LogP contribution in [0.4, 0.5) is 11.8 Å². The summed E-state index contributed by atoms with van der Waals surface area (Å²) in [5.74, 6) is 1.77. The highest BCUT2D eigenvalue weighted by Gasteiger charge is 2.20. The third kappa shape index (κ3) is 5.35. The molecule has 7 heteroatoms. The zero-order valence-corrected chi connectivity index (χ0v) is 14.7. The second kappa shape index (κ2) is 8.10. The molecule has 23 heavy (non-hydrogen) atoms. The Morgan fingerprint density at radius 3 is 2.57 bits per heavy atom. The van der Waals surface area contributed by atoms with Crippen LogP contribution in [0.25, 0.3) is 0 Å². The van der Waals surface area contributed by atoms with Crippen LogP contribution in [0, 0.1) is 6.92 Å². The Hall–Kier alpha value is -1.89. The van der Waals surface area contributed by atoms with E-state index in [4.69, 9.17) is 0 Å². The van der Waals surface area contributed by atoms with Gasteiger partial charge in [-0.1, -0.05) is 0 Å². The van der Waals surface area contributed by atoms with Crippen molar-refractivity contribution in [2.24, 2.45) is 0 Å². The summed E-state index contributed by atoms with van der Waals surface area (Å²) in [4.78, 5) is 26.8. The van der Waals surface area contributed by atoms with Gasteiger partial charge in [-0.25, -0.2) is 4.98 Å². The lowest BCUT2D eigenvalue weighted by atomic mass is 10.3. The van der Waals surface area contributed by atoms with Crippen molar-refractivity contribution in [3.8, 4) is 0 Å². The van der Waals surface area contributed by atoms with Crippen molar-refractivity contribution >= 4 is 17.7 Å². The molecule has 1 aromatic heterocycles. The minimum absolute atomic E-state index is 0.145. The maximum absolute atomic E-state index is 11.4. The first kappa shape index (κ1) is 17.5. The van der Waals surface area contributed by atoms with Crippen LogP contribution in [-0.2, 0) is 4.79 Å². The molecule has 0 bridgehead atoms. The molecule has 1 aromatic rings. The number of hydrogen-bond donors (Lipinski definition) is 1. The predicted octanol–water partition coefficient (Wildman–Crippen LogP) is 0.817. The van der Waals surface area contributed by atoms with Gasteiger partial charge in [0.15, 0.2) is 0 Å². The zero-order valence-electron chi connectivity index (χ0n) is 14.7. The molecule has 1 aliphatic heterocycles. The van der Waals surface area contributed by atoms with E-state index < -0.39 is 0 Å². The number of rotatable bonds is 6. The van der Waals surface area contributed by atoms with Crippen LogP contribution in [-0.4, -0.2) is 79.0 Å². The summed E-state index contributed by atoms with van der Waals surface area (Å²) in [6.07, 6.45) is 1.05. The zero-order chi connectivity index (χ0) is 16.8. The van der Waals surface area contributed by atoms with Crippen LogP contribution >= 0.6 is 0 Å². The number of hydrogen-bond acceptors (Lipinski definition) is 6. The number of nitrogens with one attached hydrogen (secondary N) is 1. The number of piperazine rings is 1. The first-order valence-electron chi connectivity index (χ1n) is 8.20. The van der Waals surface area contributed by atoms with E-state index in [1.807, 2.05) is 17.9 Å². The predicted molar refractivity (Wildman–Crippen MR) is 92.9 cm³/mol. The van der Waals surface area contributed by atoms with E-state index in [0.717, 1.165) is 57.2 Å². The van der Waals surface area contributed by atoms with Crippen LogP contribution < -0.4 is 10.2 Å². The van der Waals surface area contributed by atoms with Crippen molar-refractivity contribution < 1.29 is 4.79 Å². The van der Waals surface area contributed by atoms with E-state index in [2.05, 4.69) is 39.2 Å². The minimum atomic E-state index is 0.145. The lowest BCUT2D eigenvalue weighted by molar-refractivity contribution is -0.129. The number of carbonyl (C=O) groups excluding carboxylic acids is 1. The van der Waals surface area contributed by atoms with E-state index >= 15 is 0 Å². The number of nitrogens with zero attached hydrogens (tertiary/aromatic N) is 5. The summed E-state index contributed by atoms with van der Waals surface area (Å²) >= 11 is 0. The molecule has 128 valence electrons. The highest BCUT2D eigenvalue weighted by atomic mass is 16.2. The molecule has 0 atom stereocenters. The molecule has 1 amide bonds. The lowest BCUT2D eigenvalue weighted by Gasteiger charge is -2.35. The standard InChI is InChI=1S/C16H28N6O/c1-13-12-15(22-10-8-21(9-11-22)14(2)23)19-16(18-13)17-6-5-7-20(3)4/h12H,5-11H2,1-4H3,(H,17,18,19). The average molecular weight is 320 g/mol. The smallest absolute Gasteiger partial charge is 0.224 e. The largest absolute Gasteiger partial charge is 0.354 e. The average Bonchev–Trinajstić information content (AvgIpc) is 2.51. The summed E-state index contributed by atoms with van der Waals surface area (Å²) in [5.41, 5.74) is 0.958. The molecule has 0 spiro atoms. The van der Waals surface area contributed by atoms with Gasteiger partial charge in [-0.3, -0.25) is 4.79 Å². The maximum atomic E-state index is 11.4. The van der Waals surface area contributed by atoms with Crippen LogP contribution in [0.3, 0.4) is 0 Å². The first-order valence-corrected chi connectivity index (χ1v) is 8.20. The molecule has 1 fully saturated rings. The molecule has 0 saturated carbocycles. The molecule has 0 unspecified atom stereocenters. The van der Waals surface area contributed by atoms with Crippen LogP contribution in [0.5, 0.6) is 0 Å². The quantitative estimate of drug-likeness (QED) is 0.783. The third-order valence-corrected chi connectivity index (χ3v) is 3.95. The summed E-state index contributed by atoms with van der Waals surface area (Å²) in [5, 5.41) is 3.31. The SMILES string of the molecule is CC(=O)N1CCN(c2cc(C)nc(NCCCN(C)C)n2)CC1. The number of aryl methyl sites for hydroxylation is 1. The van der Waals surface area contributed by atoms with Gasteiger partial charge in [-0.15, -0.1) is 0 Å². The molecule has 0 aliphatic carbocycles. The van der Waals surface area contributed by atoms with Gasteiger partial charge < -0.3 is 20.0 Å². The number of aromatic nitrogens is 2. The Morgan fingerprint density at radius 2 is 1.96 bits per heavy atom. The van der Waals surface area contributed by atoms with Crippen LogP contribution in [0.2, 0.25) is 0 Å². The third-order valence-electron chi connectivity index (χ3n) is 3.95. The Balaban J connectivity index is 1.93. The normalized spacial score (nSPS) is 15.2. The molecule has 7 nitrogen and oxygen atoms in total. The Morgan fingerprint density at radius 1 is 1.26 bits per heavy atom. The van der Waals surface area contributed by atoms with Gasteiger partial charge in [0, 0.05) is 51.4 Å². The van der Waals surface area contributed by atoms with Crippen LogP contribution in [0.1, 0.15) is 19.0 Å². The van der Waals surface area contributed by atoms with Crippen LogP contribution in [0.15, 0.2) is 6.07 Å². The highest BCUT2D eigenvalue weighted by molar-refractivity contribution is 5.73. The lowest BCUT2D eigenvalue weighted by Crippen LogP contribution is -2.48. The van der Waals surface area contributed by atoms with Gasteiger partial charge in [0.1, 0.15) is 5.82 Å². The molecule has 1 aliphatic rings. The number of amides is 1. The van der Waals surface area contributed by atoms with E-state index in [1.54, 1.807) is 6.92 Å². The van der Waals surface area contributed by atoms with Crippen molar-refractivity contribution in [3.63, 3.8) is 0 Å². The summed E-state index contributed by atoms with van der Waals surface area (Å²) in [7, 11) is 4.14. The summed E-state index contributed by atoms with van der Waals surface area (Å²) in [6, 6.07) is 2.01. The molecular weight excluding hydrogens is 292 g/mol. The van der Waals surface area contributed by atoms with Crippen molar-refractivity contribution in [3.05, 3.63) is 11.8 Å². The fourth-order valence-electron chi connectivity index (χ4n) is 2.64. The van der Waals surface area contributed by atoms with E-state index in [9.17, 15) is 4.79 Å². The van der Waals surface area contributed by atoms with Crippen molar-refractivity contribution in [1.82, 2.24) is 19.8 Å². The van der Waals surface area contributed by atoms with Gasteiger partial charge in [0.25, 0.3) is 0 Å². The Kier molecular flexibility index (Phi) is 6.15. The van der Waals surface area contributed by atoms with Gasteiger partial charge in [-0.05, 0) is 34.0 Å². The maximum Gasteiger partial charge on any atom is 0.224 e. The second-order valence-electron chi connectivity index (χ2n) is 6.27. The van der Waals surface area contributed by atoms with E-state index in [-0.39, 0.29) is 5.91 Å². The van der Waals surface area contributed by atoms with Crippen molar-refractivity contribution in [1.29, 1.82) is 0 Å². The van der Waals surface area contributed by atoms with Crippen molar-refractivity contribution in [2.75, 3.05) is 63.6 Å². The highest BCUT2D eigenvalue weighted by Crippen LogP contribution is 2.17.